The summed E-state index contributed by atoms with van der Waals surface area (Å²) >= 11 is 0. The molecule has 0 heterocycles. The Morgan fingerprint density at radius 2 is 1.62 bits per heavy atom. The Bertz CT molecular complexity index is 791. The van der Waals surface area contributed by atoms with Crippen molar-refractivity contribution in [3.05, 3.63) is 70.9 Å². The van der Waals surface area contributed by atoms with Crippen LogP contribution in [0.3, 0.4) is 0 Å². The van der Waals surface area contributed by atoms with Gasteiger partial charge in [-0.05, 0) is 56.7 Å². The largest absolute Gasteiger partial charge is 0.497 e. The number of nitrogens with one attached hydrogen (secondary N) is 2. The van der Waals surface area contributed by atoms with Crippen molar-refractivity contribution in [1.29, 1.82) is 0 Å². The van der Waals surface area contributed by atoms with Crippen LogP contribution in [0, 0.1) is 6.92 Å². The minimum atomic E-state index is -0.337. The summed E-state index contributed by atoms with van der Waals surface area (Å²) in [6, 6.07) is 14.4. The van der Waals surface area contributed by atoms with Crippen LogP contribution in [0.25, 0.3) is 6.08 Å². The van der Waals surface area contributed by atoms with Crippen LogP contribution >= 0.6 is 0 Å². The maximum absolute atomic E-state index is 12.5. The van der Waals surface area contributed by atoms with Gasteiger partial charge in [-0.15, -0.1) is 0 Å². The lowest BCUT2D eigenvalue weighted by molar-refractivity contribution is -0.118. The standard InChI is InChI=1S/C21H24N2O3/c1-14(2)22-21(25)19(13-16-7-11-18(26-4)12-8-16)23-20(24)17-9-5-15(3)6-10-17/h5-14H,1-4H3,(H,22,25)(H,23,24)/b19-13-. The first-order valence-electron chi connectivity index (χ1n) is 8.43. The van der Waals surface area contributed by atoms with Crippen molar-refractivity contribution in [2.45, 2.75) is 26.8 Å². The summed E-state index contributed by atoms with van der Waals surface area (Å²) in [4.78, 5) is 25.0. The lowest BCUT2D eigenvalue weighted by Gasteiger charge is -2.13. The molecule has 0 spiro atoms. The van der Waals surface area contributed by atoms with E-state index in [4.69, 9.17) is 4.74 Å². The van der Waals surface area contributed by atoms with E-state index in [1.165, 1.54) is 0 Å². The highest BCUT2D eigenvalue weighted by Crippen LogP contribution is 2.14. The van der Waals surface area contributed by atoms with Gasteiger partial charge < -0.3 is 15.4 Å². The molecule has 2 amide bonds. The second kappa shape index (κ2) is 8.85. The van der Waals surface area contributed by atoms with E-state index in [-0.39, 0.29) is 23.6 Å². The minimum absolute atomic E-state index is 0.0435. The molecule has 0 aromatic heterocycles. The lowest BCUT2D eigenvalue weighted by Crippen LogP contribution is -2.38. The molecule has 0 bridgehead atoms. The van der Waals surface area contributed by atoms with E-state index in [0.717, 1.165) is 16.9 Å². The summed E-state index contributed by atoms with van der Waals surface area (Å²) in [5, 5.41) is 5.52. The number of hydrogen-bond donors (Lipinski definition) is 2. The summed E-state index contributed by atoms with van der Waals surface area (Å²) in [5.41, 5.74) is 2.53. The third-order valence-corrected chi connectivity index (χ3v) is 3.65. The van der Waals surface area contributed by atoms with Crippen molar-refractivity contribution in [2.24, 2.45) is 0 Å². The smallest absolute Gasteiger partial charge is 0.268 e. The van der Waals surface area contributed by atoms with Crippen LogP contribution in [0.1, 0.15) is 35.3 Å². The van der Waals surface area contributed by atoms with Gasteiger partial charge in [-0.3, -0.25) is 9.59 Å². The zero-order valence-electron chi connectivity index (χ0n) is 15.5. The van der Waals surface area contributed by atoms with E-state index in [2.05, 4.69) is 10.6 Å². The Morgan fingerprint density at radius 1 is 1.00 bits per heavy atom. The molecule has 0 atom stereocenters. The average Bonchev–Trinajstić information content (AvgIpc) is 2.61. The molecule has 0 fully saturated rings. The Balaban J connectivity index is 2.27. The number of benzene rings is 2. The van der Waals surface area contributed by atoms with E-state index in [9.17, 15) is 9.59 Å². The summed E-state index contributed by atoms with van der Waals surface area (Å²) in [6.07, 6.45) is 1.64. The van der Waals surface area contributed by atoms with Gasteiger partial charge in [0.15, 0.2) is 0 Å². The van der Waals surface area contributed by atoms with Gasteiger partial charge in [0.2, 0.25) is 0 Å². The quantitative estimate of drug-likeness (QED) is 0.784. The monoisotopic (exact) mass is 352 g/mol. The molecule has 26 heavy (non-hydrogen) atoms. The number of aryl methyl sites for hydroxylation is 1. The second-order valence-corrected chi connectivity index (χ2v) is 6.28. The number of amides is 2. The van der Waals surface area contributed by atoms with Crippen molar-refractivity contribution >= 4 is 17.9 Å². The molecule has 0 aliphatic heterocycles. The fourth-order valence-corrected chi connectivity index (χ4v) is 2.26. The first kappa shape index (κ1) is 19.2. The summed E-state index contributed by atoms with van der Waals surface area (Å²) in [6.45, 7) is 5.68. The number of hydrogen-bond acceptors (Lipinski definition) is 3. The fourth-order valence-electron chi connectivity index (χ4n) is 2.26. The average molecular weight is 352 g/mol. The minimum Gasteiger partial charge on any atom is -0.497 e. The van der Waals surface area contributed by atoms with Crippen LogP contribution in [0.15, 0.2) is 54.2 Å². The molecule has 0 saturated heterocycles. The normalized spacial score (nSPS) is 11.2. The van der Waals surface area contributed by atoms with Crippen molar-refractivity contribution in [1.82, 2.24) is 10.6 Å². The zero-order chi connectivity index (χ0) is 19.1. The van der Waals surface area contributed by atoms with Crippen LogP contribution in [0.2, 0.25) is 0 Å². The van der Waals surface area contributed by atoms with Gasteiger partial charge in [0, 0.05) is 11.6 Å². The maximum Gasteiger partial charge on any atom is 0.268 e. The van der Waals surface area contributed by atoms with Gasteiger partial charge in [-0.1, -0.05) is 29.8 Å². The second-order valence-electron chi connectivity index (χ2n) is 6.28. The fraction of sp³-hybridized carbons (Fsp3) is 0.238. The van der Waals surface area contributed by atoms with E-state index >= 15 is 0 Å². The van der Waals surface area contributed by atoms with Gasteiger partial charge in [-0.2, -0.15) is 0 Å². The predicted octanol–water partition coefficient (Wildman–Crippen LogP) is 3.30. The number of carbonyl (C=O) groups is 2. The van der Waals surface area contributed by atoms with Crippen molar-refractivity contribution in [2.75, 3.05) is 7.11 Å². The van der Waals surface area contributed by atoms with Crippen LogP contribution in [-0.2, 0) is 4.79 Å². The van der Waals surface area contributed by atoms with E-state index in [1.807, 2.05) is 45.0 Å². The predicted molar refractivity (Wildman–Crippen MR) is 103 cm³/mol. The molecule has 2 aromatic carbocycles. The van der Waals surface area contributed by atoms with Crippen LogP contribution in [0.5, 0.6) is 5.75 Å². The molecule has 5 heteroatoms. The number of ether oxygens (including phenoxy) is 1. The Hall–Kier alpha value is -3.08. The Labute approximate surface area is 154 Å². The number of rotatable bonds is 6. The van der Waals surface area contributed by atoms with E-state index in [1.54, 1.807) is 37.5 Å². The summed E-state index contributed by atoms with van der Waals surface area (Å²) in [7, 11) is 1.59. The SMILES string of the molecule is COc1ccc(/C=C(\NC(=O)c2ccc(C)cc2)C(=O)NC(C)C)cc1. The summed E-state index contributed by atoms with van der Waals surface area (Å²) in [5.74, 6) is 0.0546. The third-order valence-electron chi connectivity index (χ3n) is 3.65. The van der Waals surface area contributed by atoms with Gasteiger partial charge in [0.1, 0.15) is 11.4 Å². The van der Waals surface area contributed by atoms with E-state index in [0.29, 0.717) is 5.56 Å². The van der Waals surface area contributed by atoms with Crippen LogP contribution in [-0.4, -0.2) is 25.0 Å². The maximum atomic E-state index is 12.5. The van der Waals surface area contributed by atoms with Crippen molar-refractivity contribution in [3.8, 4) is 5.75 Å². The number of carbonyl (C=O) groups excluding carboxylic acids is 2. The highest BCUT2D eigenvalue weighted by Gasteiger charge is 2.15. The molecule has 2 rings (SSSR count). The Morgan fingerprint density at radius 3 is 2.15 bits per heavy atom. The highest BCUT2D eigenvalue weighted by atomic mass is 16.5. The molecule has 136 valence electrons. The first-order chi connectivity index (χ1) is 12.4. The van der Waals surface area contributed by atoms with Gasteiger partial charge in [0.05, 0.1) is 7.11 Å². The summed E-state index contributed by atoms with van der Waals surface area (Å²) < 4.78 is 5.14. The third kappa shape index (κ3) is 5.48. The molecule has 0 radical (unpaired) electrons. The van der Waals surface area contributed by atoms with Gasteiger partial charge >= 0.3 is 0 Å². The molecule has 2 N–H and O–H groups in total. The molecular formula is C21H24N2O3. The molecule has 0 aliphatic carbocycles. The molecule has 5 nitrogen and oxygen atoms in total. The Kier molecular flexibility index (Phi) is 6.55. The number of methoxy groups -OCH3 is 1. The van der Waals surface area contributed by atoms with Gasteiger partial charge in [0.25, 0.3) is 11.8 Å². The van der Waals surface area contributed by atoms with Crippen molar-refractivity contribution in [3.63, 3.8) is 0 Å². The molecular weight excluding hydrogens is 328 g/mol. The molecule has 0 saturated carbocycles. The first-order valence-corrected chi connectivity index (χ1v) is 8.43. The molecule has 2 aromatic rings. The van der Waals surface area contributed by atoms with Crippen molar-refractivity contribution < 1.29 is 14.3 Å². The zero-order valence-corrected chi connectivity index (χ0v) is 15.5. The lowest BCUT2D eigenvalue weighted by atomic mass is 10.1. The van der Waals surface area contributed by atoms with Crippen LogP contribution in [0.4, 0.5) is 0 Å². The molecule has 0 aliphatic rings. The van der Waals surface area contributed by atoms with Crippen LogP contribution < -0.4 is 15.4 Å². The molecule has 0 unspecified atom stereocenters. The van der Waals surface area contributed by atoms with E-state index < -0.39 is 0 Å². The van der Waals surface area contributed by atoms with Gasteiger partial charge in [-0.25, -0.2) is 0 Å². The highest BCUT2D eigenvalue weighted by molar-refractivity contribution is 6.05. The topological polar surface area (TPSA) is 67.4 Å².